The molecular weight excluding hydrogens is 350 g/mol. The van der Waals surface area contributed by atoms with Crippen LogP contribution in [0.25, 0.3) is 0 Å². The molecule has 2 aromatic heterocycles. The number of hydrogen-bond acceptors (Lipinski definition) is 7. The minimum atomic E-state index is -0.558. The molecule has 2 aromatic rings. The van der Waals surface area contributed by atoms with Crippen LogP contribution in [0.5, 0.6) is 0 Å². The highest BCUT2D eigenvalue weighted by Gasteiger charge is 2.11. The molecule has 0 fully saturated rings. The van der Waals surface area contributed by atoms with Crippen molar-refractivity contribution in [3.63, 3.8) is 0 Å². The standard InChI is InChI=1S/C17H29N7O3/c1-3-9-23(10-4-2)11-6-8-18-16(25)14-13-24(22-20-14)12-5-7-15-19-17(26)27-21-15/h13H,3-12H2,1-2H3,(H,18,25)(H,19,21,26). The number of carbonyl (C=O) groups excluding carboxylic acids is 1. The Kier molecular flexibility index (Phi) is 8.69. The molecule has 2 rings (SSSR count). The highest BCUT2D eigenvalue weighted by molar-refractivity contribution is 5.91. The number of rotatable bonds is 13. The molecule has 10 heteroatoms. The second-order valence-electron chi connectivity index (χ2n) is 6.46. The number of H-pyrrole nitrogens is 1. The van der Waals surface area contributed by atoms with E-state index in [-0.39, 0.29) is 5.91 Å². The van der Waals surface area contributed by atoms with Gasteiger partial charge in [-0.15, -0.1) is 5.10 Å². The van der Waals surface area contributed by atoms with Crippen LogP contribution in [-0.2, 0) is 13.0 Å². The van der Waals surface area contributed by atoms with Gasteiger partial charge in [-0.3, -0.25) is 19.0 Å². The minimum Gasteiger partial charge on any atom is -0.351 e. The Morgan fingerprint density at radius 2 is 2.04 bits per heavy atom. The van der Waals surface area contributed by atoms with Crippen molar-refractivity contribution < 1.29 is 9.32 Å². The van der Waals surface area contributed by atoms with E-state index in [2.05, 4.69) is 49.0 Å². The van der Waals surface area contributed by atoms with E-state index in [1.807, 2.05) is 0 Å². The molecule has 0 saturated carbocycles. The zero-order valence-corrected chi connectivity index (χ0v) is 16.1. The number of carbonyl (C=O) groups is 1. The van der Waals surface area contributed by atoms with E-state index in [9.17, 15) is 9.59 Å². The molecule has 0 saturated heterocycles. The number of nitrogens with zero attached hydrogens (tertiary/aromatic N) is 5. The summed E-state index contributed by atoms with van der Waals surface area (Å²) in [5.74, 6) is -0.268. The summed E-state index contributed by atoms with van der Waals surface area (Å²) in [5, 5.41) is 14.4. The van der Waals surface area contributed by atoms with Gasteiger partial charge in [-0.1, -0.05) is 24.2 Å². The van der Waals surface area contributed by atoms with Crippen molar-refractivity contribution in [1.29, 1.82) is 0 Å². The van der Waals surface area contributed by atoms with E-state index in [0.717, 1.165) is 38.9 Å². The predicted molar refractivity (Wildman–Crippen MR) is 99.4 cm³/mol. The molecule has 150 valence electrons. The van der Waals surface area contributed by atoms with Crippen LogP contribution in [0, 0.1) is 0 Å². The molecule has 0 aliphatic heterocycles. The maximum absolute atomic E-state index is 12.1. The van der Waals surface area contributed by atoms with E-state index in [4.69, 9.17) is 0 Å². The number of aryl methyl sites for hydroxylation is 2. The van der Waals surface area contributed by atoms with E-state index >= 15 is 0 Å². The fraction of sp³-hybridized carbons (Fsp3) is 0.706. The van der Waals surface area contributed by atoms with E-state index < -0.39 is 5.76 Å². The van der Waals surface area contributed by atoms with Crippen molar-refractivity contribution >= 4 is 5.91 Å². The summed E-state index contributed by atoms with van der Waals surface area (Å²) in [6, 6.07) is 0. The van der Waals surface area contributed by atoms with Gasteiger partial charge >= 0.3 is 5.76 Å². The normalized spacial score (nSPS) is 11.2. The van der Waals surface area contributed by atoms with Crippen LogP contribution in [0.4, 0.5) is 0 Å². The van der Waals surface area contributed by atoms with Crippen molar-refractivity contribution in [2.45, 2.75) is 52.5 Å². The number of aromatic amines is 1. The fourth-order valence-corrected chi connectivity index (χ4v) is 2.85. The van der Waals surface area contributed by atoms with Gasteiger partial charge in [0, 0.05) is 19.5 Å². The van der Waals surface area contributed by atoms with Crippen LogP contribution in [0.3, 0.4) is 0 Å². The zero-order chi connectivity index (χ0) is 19.5. The number of hydrogen-bond donors (Lipinski definition) is 2. The molecule has 0 bridgehead atoms. The Balaban J connectivity index is 1.67. The lowest BCUT2D eigenvalue weighted by molar-refractivity contribution is 0.0946. The summed E-state index contributed by atoms with van der Waals surface area (Å²) >= 11 is 0. The quantitative estimate of drug-likeness (QED) is 0.494. The highest BCUT2D eigenvalue weighted by atomic mass is 16.5. The second kappa shape index (κ2) is 11.3. The molecule has 0 aliphatic rings. The van der Waals surface area contributed by atoms with Crippen molar-refractivity contribution in [1.82, 2.24) is 35.4 Å². The smallest absolute Gasteiger partial charge is 0.351 e. The molecule has 2 N–H and O–H groups in total. The summed E-state index contributed by atoms with van der Waals surface area (Å²) in [5.41, 5.74) is 0.309. The van der Waals surface area contributed by atoms with Crippen LogP contribution in [0.15, 0.2) is 15.5 Å². The summed E-state index contributed by atoms with van der Waals surface area (Å²) < 4.78 is 6.05. The molecule has 1 amide bonds. The van der Waals surface area contributed by atoms with Gasteiger partial charge in [0.05, 0.1) is 6.20 Å². The molecule has 0 atom stereocenters. The van der Waals surface area contributed by atoms with Crippen LogP contribution in [0.2, 0.25) is 0 Å². The molecular formula is C17H29N7O3. The van der Waals surface area contributed by atoms with Crippen LogP contribution < -0.4 is 11.1 Å². The van der Waals surface area contributed by atoms with Gasteiger partial charge in [0.15, 0.2) is 11.5 Å². The summed E-state index contributed by atoms with van der Waals surface area (Å²) in [4.78, 5) is 27.9. The summed E-state index contributed by atoms with van der Waals surface area (Å²) in [7, 11) is 0. The van der Waals surface area contributed by atoms with Gasteiger partial charge in [0.2, 0.25) is 0 Å². The van der Waals surface area contributed by atoms with Crippen LogP contribution in [-0.4, -0.2) is 62.1 Å². The molecule has 0 aliphatic carbocycles. The molecule has 10 nitrogen and oxygen atoms in total. The Morgan fingerprint density at radius 1 is 1.26 bits per heavy atom. The molecule has 0 aromatic carbocycles. The van der Waals surface area contributed by atoms with Crippen molar-refractivity contribution in [3.8, 4) is 0 Å². The number of aromatic nitrogens is 5. The summed E-state index contributed by atoms with van der Waals surface area (Å²) in [6.45, 7) is 8.72. The average Bonchev–Trinajstić information content (AvgIpc) is 3.28. The first kappa shape index (κ1) is 20.8. The number of nitrogens with one attached hydrogen (secondary N) is 2. The Labute approximate surface area is 158 Å². The molecule has 0 radical (unpaired) electrons. The first-order chi connectivity index (χ1) is 13.1. The predicted octanol–water partition coefficient (Wildman–Crippen LogP) is 0.829. The lowest BCUT2D eigenvalue weighted by atomic mass is 10.3. The Morgan fingerprint density at radius 3 is 2.70 bits per heavy atom. The monoisotopic (exact) mass is 379 g/mol. The summed E-state index contributed by atoms with van der Waals surface area (Å²) in [6.07, 6.45) is 6.07. The Hall–Kier alpha value is -2.49. The largest absolute Gasteiger partial charge is 0.438 e. The van der Waals surface area contributed by atoms with Crippen molar-refractivity contribution in [3.05, 3.63) is 28.3 Å². The van der Waals surface area contributed by atoms with Gasteiger partial charge < -0.3 is 10.2 Å². The molecule has 27 heavy (non-hydrogen) atoms. The van der Waals surface area contributed by atoms with E-state index in [1.165, 1.54) is 0 Å². The van der Waals surface area contributed by atoms with E-state index in [1.54, 1.807) is 10.9 Å². The number of amides is 1. The SMILES string of the molecule is CCCN(CCC)CCCNC(=O)c1cn(CCCc2noc(=O)[nH]2)nn1. The maximum Gasteiger partial charge on any atom is 0.438 e. The topological polar surface area (TPSA) is 122 Å². The third-order valence-corrected chi connectivity index (χ3v) is 4.07. The first-order valence-electron chi connectivity index (χ1n) is 9.58. The van der Waals surface area contributed by atoms with Gasteiger partial charge in [0.1, 0.15) is 0 Å². The van der Waals surface area contributed by atoms with Gasteiger partial charge in [-0.25, -0.2) is 4.79 Å². The van der Waals surface area contributed by atoms with E-state index in [0.29, 0.717) is 37.4 Å². The van der Waals surface area contributed by atoms with Crippen LogP contribution >= 0.6 is 0 Å². The lowest BCUT2D eigenvalue weighted by Crippen LogP contribution is -2.31. The Bertz CT molecular complexity index is 731. The molecule has 0 spiro atoms. The van der Waals surface area contributed by atoms with Gasteiger partial charge in [-0.05, 0) is 45.3 Å². The first-order valence-corrected chi connectivity index (χ1v) is 9.58. The van der Waals surface area contributed by atoms with Crippen molar-refractivity contribution in [2.24, 2.45) is 0 Å². The third-order valence-electron chi connectivity index (χ3n) is 4.07. The van der Waals surface area contributed by atoms with Crippen molar-refractivity contribution in [2.75, 3.05) is 26.2 Å². The lowest BCUT2D eigenvalue weighted by Gasteiger charge is -2.20. The second-order valence-corrected chi connectivity index (χ2v) is 6.46. The zero-order valence-electron chi connectivity index (χ0n) is 16.1. The average molecular weight is 379 g/mol. The van der Waals surface area contributed by atoms with Crippen LogP contribution in [0.1, 0.15) is 55.8 Å². The van der Waals surface area contributed by atoms with Gasteiger partial charge in [-0.2, -0.15) is 0 Å². The fourth-order valence-electron chi connectivity index (χ4n) is 2.85. The maximum atomic E-state index is 12.1. The van der Waals surface area contributed by atoms with Gasteiger partial charge in [0.25, 0.3) is 5.91 Å². The third kappa shape index (κ3) is 7.33. The molecule has 0 unspecified atom stereocenters. The minimum absolute atomic E-state index is 0.209. The highest BCUT2D eigenvalue weighted by Crippen LogP contribution is 1.99. The molecule has 2 heterocycles.